The molecule has 1 fully saturated rings. The summed E-state index contributed by atoms with van der Waals surface area (Å²) in [5.41, 5.74) is 0. The van der Waals surface area contributed by atoms with E-state index in [1.165, 1.54) is 6.42 Å². The van der Waals surface area contributed by atoms with Crippen molar-refractivity contribution in [1.29, 1.82) is 0 Å². The number of amides is 1. The van der Waals surface area contributed by atoms with Crippen molar-refractivity contribution in [2.45, 2.75) is 45.1 Å². The normalized spacial score (nSPS) is 17.4. The Balaban J connectivity index is 1.62. The minimum atomic E-state index is 0.240. The fraction of sp³-hybridized carbons (Fsp3) is 0.667. The largest absolute Gasteiger partial charge is 0.469 e. The van der Waals surface area contributed by atoms with Gasteiger partial charge in [-0.15, -0.1) is 0 Å². The molecule has 0 saturated carbocycles. The second kappa shape index (κ2) is 7.34. The molecule has 1 aromatic heterocycles. The Kier molecular flexibility index (Phi) is 5.45. The van der Waals surface area contributed by atoms with Gasteiger partial charge in [-0.1, -0.05) is 0 Å². The van der Waals surface area contributed by atoms with Crippen molar-refractivity contribution in [1.82, 2.24) is 10.2 Å². The summed E-state index contributed by atoms with van der Waals surface area (Å²) in [7, 11) is 0. The maximum atomic E-state index is 12.0. The molecule has 1 unspecified atom stereocenters. The highest BCUT2D eigenvalue weighted by Crippen LogP contribution is 2.09. The van der Waals surface area contributed by atoms with E-state index in [-0.39, 0.29) is 5.91 Å². The Bertz CT molecular complexity index is 370. The van der Waals surface area contributed by atoms with Crippen LogP contribution in [0.5, 0.6) is 0 Å². The average Bonchev–Trinajstić information content (AvgIpc) is 2.96. The second-order valence-corrected chi connectivity index (χ2v) is 5.34. The lowest BCUT2D eigenvalue weighted by molar-refractivity contribution is -0.131. The first-order chi connectivity index (χ1) is 9.25. The Morgan fingerprint density at radius 2 is 2.21 bits per heavy atom. The van der Waals surface area contributed by atoms with Crippen LogP contribution in [0, 0.1) is 0 Å². The van der Waals surface area contributed by atoms with Crippen molar-refractivity contribution < 1.29 is 9.21 Å². The van der Waals surface area contributed by atoms with Crippen molar-refractivity contribution in [2.75, 3.05) is 19.6 Å². The van der Waals surface area contributed by atoms with Gasteiger partial charge in [0.2, 0.25) is 5.91 Å². The van der Waals surface area contributed by atoms with Crippen LogP contribution in [0.2, 0.25) is 0 Å². The maximum Gasteiger partial charge on any atom is 0.236 e. The number of rotatable bonds is 6. The minimum Gasteiger partial charge on any atom is -0.469 e. The van der Waals surface area contributed by atoms with Crippen LogP contribution in [-0.4, -0.2) is 36.5 Å². The van der Waals surface area contributed by atoms with E-state index in [0.29, 0.717) is 12.6 Å². The SMILES string of the molecule is CC(CCc1ccco1)NCC(=O)N1CCCCC1. The molecule has 0 spiro atoms. The fourth-order valence-corrected chi connectivity index (χ4v) is 2.43. The number of nitrogens with one attached hydrogen (secondary N) is 1. The van der Waals surface area contributed by atoms with E-state index in [2.05, 4.69) is 12.2 Å². The van der Waals surface area contributed by atoms with Crippen LogP contribution in [0.3, 0.4) is 0 Å². The maximum absolute atomic E-state index is 12.0. The molecule has 0 aliphatic carbocycles. The predicted molar refractivity (Wildman–Crippen MR) is 74.9 cm³/mol. The monoisotopic (exact) mass is 264 g/mol. The summed E-state index contributed by atoms with van der Waals surface area (Å²) in [6, 6.07) is 4.23. The minimum absolute atomic E-state index is 0.240. The number of carbonyl (C=O) groups excluding carboxylic acids is 1. The van der Waals surface area contributed by atoms with Crippen molar-refractivity contribution >= 4 is 5.91 Å². The lowest BCUT2D eigenvalue weighted by atomic mass is 10.1. The van der Waals surface area contributed by atoms with E-state index in [1.54, 1.807) is 6.26 Å². The van der Waals surface area contributed by atoms with E-state index >= 15 is 0 Å². The number of aryl methyl sites for hydroxylation is 1. The lowest BCUT2D eigenvalue weighted by Gasteiger charge is -2.27. The van der Waals surface area contributed by atoms with Crippen LogP contribution in [-0.2, 0) is 11.2 Å². The Hall–Kier alpha value is -1.29. The van der Waals surface area contributed by atoms with Gasteiger partial charge in [0.1, 0.15) is 5.76 Å². The topological polar surface area (TPSA) is 45.5 Å². The highest BCUT2D eigenvalue weighted by atomic mass is 16.3. The first-order valence-corrected chi connectivity index (χ1v) is 7.29. The molecule has 106 valence electrons. The van der Waals surface area contributed by atoms with Crippen molar-refractivity contribution in [3.8, 4) is 0 Å². The standard InChI is InChI=1S/C15H24N2O2/c1-13(7-8-14-6-5-11-19-14)16-12-15(18)17-9-3-2-4-10-17/h5-6,11,13,16H,2-4,7-10,12H2,1H3. The van der Waals surface area contributed by atoms with E-state index in [9.17, 15) is 4.79 Å². The zero-order valence-electron chi connectivity index (χ0n) is 11.7. The van der Waals surface area contributed by atoms with Gasteiger partial charge in [0.15, 0.2) is 0 Å². The smallest absolute Gasteiger partial charge is 0.236 e. The third-order valence-corrected chi connectivity index (χ3v) is 3.71. The van der Waals surface area contributed by atoms with Gasteiger partial charge in [0, 0.05) is 25.6 Å². The Labute approximate surface area is 115 Å². The lowest BCUT2D eigenvalue weighted by Crippen LogP contribution is -2.43. The molecule has 4 heteroatoms. The number of likely N-dealkylation sites (tertiary alicyclic amines) is 1. The van der Waals surface area contributed by atoms with Gasteiger partial charge in [0.05, 0.1) is 12.8 Å². The van der Waals surface area contributed by atoms with E-state index in [0.717, 1.165) is 44.5 Å². The summed E-state index contributed by atoms with van der Waals surface area (Å²) in [6.07, 6.45) is 7.17. The molecule has 1 atom stereocenters. The molecule has 1 saturated heterocycles. The summed E-state index contributed by atoms with van der Waals surface area (Å²) in [5, 5.41) is 3.31. The van der Waals surface area contributed by atoms with Gasteiger partial charge in [-0.3, -0.25) is 4.79 Å². The summed E-state index contributed by atoms with van der Waals surface area (Å²) >= 11 is 0. The van der Waals surface area contributed by atoms with Gasteiger partial charge in [0.25, 0.3) is 0 Å². The first-order valence-electron chi connectivity index (χ1n) is 7.29. The van der Waals surface area contributed by atoms with Gasteiger partial charge in [-0.05, 0) is 44.7 Å². The molecule has 0 bridgehead atoms. The van der Waals surface area contributed by atoms with Crippen LogP contribution in [0.4, 0.5) is 0 Å². The molecule has 0 aromatic carbocycles. The first kappa shape index (κ1) is 14.1. The molecular formula is C15H24N2O2. The number of carbonyl (C=O) groups is 1. The van der Waals surface area contributed by atoms with Gasteiger partial charge in [-0.2, -0.15) is 0 Å². The van der Waals surface area contributed by atoms with Gasteiger partial charge in [-0.25, -0.2) is 0 Å². The molecule has 4 nitrogen and oxygen atoms in total. The Morgan fingerprint density at radius 1 is 1.42 bits per heavy atom. The third kappa shape index (κ3) is 4.71. The number of piperidine rings is 1. The molecule has 0 radical (unpaired) electrons. The van der Waals surface area contributed by atoms with E-state index < -0.39 is 0 Å². The van der Waals surface area contributed by atoms with Crippen LogP contribution in [0.25, 0.3) is 0 Å². The van der Waals surface area contributed by atoms with Crippen molar-refractivity contribution in [3.05, 3.63) is 24.2 Å². The molecule has 1 amide bonds. The summed E-state index contributed by atoms with van der Waals surface area (Å²) < 4.78 is 5.30. The van der Waals surface area contributed by atoms with Crippen LogP contribution >= 0.6 is 0 Å². The molecule has 1 aromatic rings. The van der Waals surface area contributed by atoms with E-state index in [4.69, 9.17) is 4.42 Å². The third-order valence-electron chi connectivity index (χ3n) is 3.71. The zero-order valence-corrected chi connectivity index (χ0v) is 11.7. The van der Waals surface area contributed by atoms with Gasteiger partial charge >= 0.3 is 0 Å². The molecule has 1 aliphatic rings. The van der Waals surface area contributed by atoms with Crippen LogP contribution in [0.15, 0.2) is 22.8 Å². The predicted octanol–water partition coefficient (Wildman–Crippen LogP) is 2.20. The summed E-state index contributed by atoms with van der Waals surface area (Å²) in [6.45, 7) is 4.44. The quantitative estimate of drug-likeness (QED) is 0.856. The number of nitrogens with zero attached hydrogens (tertiary/aromatic N) is 1. The fourth-order valence-electron chi connectivity index (χ4n) is 2.43. The highest BCUT2D eigenvalue weighted by molar-refractivity contribution is 5.78. The van der Waals surface area contributed by atoms with Crippen molar-refractivity contribution in [2.24, 2.45) is 0 Å². The summed E-state index contributed by atoms with van der Waals surface area (Å²) in [4.78, 5) is 14.0. The molecule has 1 N–H and O–H groups in total. The number of hydrogen-bond acceptors (Lipinski definition) is 3. The van der Waals surface area contributed by atoms with Crippen LogP contribution in [0.1, 0.15) is 38.4 Å². The molecule has 2 heterocycles. The molecule has 2 rings (SSSR count). The number of furan rings is 1. The van der Waals surface area contributed by atoms with Crippen LogP contribution < -0.4 is 5.32 Å². The average molecular weight is 264 g/mol. The van der Waals surface area contributed by atoms with Gasteiger partial charge < -0.3 is 14.6 Å². The Morgan fingerprint density at radius 3 is 2.89 bits per heavy atom. The molecular weight excluding hydrogens is 240 g/mol. The summed E-state index contributed by atoms with van der Waals surface area (Å²) in [5.74, 6) is 1.25. The zero-order chi connectivity index (χ0) is 13.5. The van der Waals surface area contributed by atoms with Crippen molar-refractivity contribution in [3.63, 3.8) is 0 Å². The highest BCUT2D eigenvalue weighted by Gasteiger charge is 2.16. The molecule has 1 aliphatic heterocycles. The second-order valence-electron chi connectivity index (χ2n) is 5.34. The number of hydrogen-bond donors (Lipinski definition) is 1. The molecule has 19 heavy (non-hydrogen) atoms. The van der Waals surface area contributed by atoms with E-state index in [1.807, 2.05) is 17.0 Å².